The fourth-order valence-corrected chi connectivity index (χ4v) is 3.16. The van der Waals surface area contributed by atoms with Crippen molar-refractivity contribution >= 4 is 17.4 Å². The summed E-state index contributed by atoms with van der Waals surface area (Å²) in [5.41, 5.74) is 2.60. The van der Waals surface area contributed by atoms with Crippen molar-refractivity contribution in [2.45, 2.75) is 32.7 Å². The van der Waals surface area contributed by atoms with Crippen molar-refractivity contribution in [1.29, 1.82) is 0 Å². The Kier molecular flexibility index (Phi) is 7.19. The van der Waals surface area contributed by atoms with Crippen LogP contribution in [0.3, 0.4) is 0 Å². The van der Waals surface area contributed by atoms with Crippen molar-refractivity contribution in [3.8, 4) is 0 Å². The number of amides is 1. The standard InChI is InChI=1S/C20H28N2O3/c1-15(2)13-18(20(24)25-3)21-19(23)14-22-11-9-17(10-12-22)16-7-5-4-6-8-16/h4-9,15,18H,10-14H2,1-3H3,(H,21,23)/p+1/t18-/m0/s1. The third-order valence-electron chi connectivity index (χ3n) is 4.47. The summed E-state index contributed by atoms with van der Waals surface area (Å²) in [6, 6.07) is 9.79. The molecule has 25 heavy (non-hydrogen) atoms. The van der Waals surface area contributed by atoms with E-state index in [2.05, 4.69) is 23.5 Å². The van der Waals surface area contributed by atoms with Gasteiger partial charge in [-0.15, -0.1) is 0 Å². The van der Waals surface area contributed by atoms with E-state index in [0.717, 1.165) is 19.5 Å². The van der Waals surface area contributed by atoms with E-state index in [-0.39, 0.29) is 11.9 Å². The van der Waals surface area contributed by atoms with Crippen LogP contribution in [0.25, 0.3) is 5.57 Å². The molecule has 0 aliphatic carbocycles. The Labute approximate surface area is 150 Å². The van der Waals surface area contributed by atoms with Crippen molar-refractivity contribution in [2.24, 2.45) is 5.92 Å². The van der Waals surface area contributed by atoms with Gasteiger partial charge in [-0.3, -0.25) is 4.79 Å². The Morgan fingerprint density at radius 2 is 1.96 bits per heavy atom. The van der Waals surface area contributed by atoms with Crippen LogP contribution in [0.4, 0.5) is 0 Å². The van der Waals surface area contributed by atoms with Gasteiger partial charge in [-0.05, 0) is 29.6 Å². The fourth-order valence-electron chi connectivity index (χ4n) is 3.16. The van der Waals surface area contributed by atoms with Crippen molar-refractivity contribution in [3.05, 3.63) is 42.0 Å². The first kappa shape index (κ1) is 19.2. The molecule has 2 rings (SSSR count). The molecule has 0 spiro atoms. The molecule has 0 bridgehead atoms. The van der Waals surface area contributed by atoms with Crippen LogP contribution in [0.5, 0.6) is 0 Å². The normalized spacial score (nSPS) is 18.4. The highest BCUT2D eigenvalue weighted by Gasteiger charge is 2.25. The Morgan fingerprint density at radius 1 is 1.24 bits per heavy atom. The average molecular weight is 345 g/mol. The van der Waals surface area contributed by atoms with Crippen molar-refractivity contribution in [2.75, 3.05) is 26.7 Å². The van der Waals surface area contributed by atoms with E-state index < -0.39 is 6.04 Å². The van der Waals surface area contributed by atoms with Crippen LogP contribution in [0.1, 0.15) is 32.3 Å². The van der Waals surface area contributed by atoms with E-state index >= 15 is 0 Å². The Morgan fingerprint density at radius 3 is 2.52 bits per heavy atom. The molecule has 0 fully saturated rings. The van der Waals surface area contributed by atoms with Crippen molar-refractivity contribution in [3.63, 3.8) is 0 Å². The van der Waals surface area contributed by atoms with Crippen LogP contribution in [-0.4, -0.2) is 44.7 Å². The average Bonchev–Trinajstić information content (AvgIpc) is 2.61. The third-order valence-corrected chi connectivity index (χ3v) is 4.47. The summed E-state index contributed by atoms with van der Waals surface area (Å²) in [7, 11) is 1.35. The van der Waals surface area contributed by atoms with Crippen molar-refractivity contribution < 1.29 is 19.2 Å². The molecule has 5 nitrogen and oxygen atoms in total. The lowest BCUT2D eigenvalue weighted by molar-refractivity contribution is -0.886. The number of benzene rings is 1. The van der Waals surface area contributed by atoms with E-state index in [4.69, 9.17) is 4.74 Å². The topological polar surface area (TPSA) is 59.8 Å². The number of hydrogen-bond donors (Lipinski definition) is 2. The number of carbonyl (C=O) groups excluding carboxylic acids is 2. The van der Waals surface area contributed by atoms with Gasteiger partial charge in [0.05, 0.1) is 20.2 Å². The first-order chi connectivity index (χ1) is 12.0. The number of hydrogen-bond acceptors (Lipinski definition) is 3. The van der Waals surface area contributed by atoms with E-state index in [1.807, 2.05) is 32.0 Å². The van der Waals surface area contributed by atoms with Gasteiger partial charge < -0.3 is 15.0 Å². The van der Waals surface area contributed by atoms with Gasteiger partial charge in [-0.25, -0.2) is 4.79 Å². The zero-order valence-electron chi connectivity index (χ0n) is 15.4. The quantitative estimate of drug-likeness (QED) is 0.727. The molecule has 1 heterocycles. The van der Waals surface area contributed by atoms with Gasteiger partial charge in [-0.2, -0.15) is 0 Å². The predicted octanol–water partition coefficient (Wildman–Crippen LogP) is 1.06. The monoisotopic (exact) mass is 345 g/mol. The number of quaternary nitrogens is 1. The molecule has 0 saturated heterocycles. The van der Waals surface area contributed by atoms with E-state index in [0.29, 0.717) is 18.9 Å². The minimum absolute atomic E-state index is 0.0948. The van der Waals surface area contributed by atoms with E-state index in [1.54, 1.807) is 0 Å². The summed E-state index contributed by atoms with van der Waals surface area (Å²) in [5, 5.41) is 2.83. The smallest absolute Gasteiger partial charge is 0.328 e. The van der Waals surface area contributed by atoms with E-state index in [1.165, 1.54) is 23.1 Å². The maximum atomic E-state index is 12.3. The van der Waals surface area contributed by atoms with Crippen LogP contribution in [0.15, 0.2) is 36.4 Å². The lowest BCUT2D eigenvalue weighted by Gasteiger charge is -2.24. The summed E-state index contributed by atoms with van der Waals surface area (Å²) in [6.45, 7) is 6.16. The largest absolute Gasteiger partial charge is 0.467 e. The summed E-state index contributed by atoms with van der Waals surface area (Å²) in [6.07, 6.45) is 3.76. The van der Waals surface area contributed by atoms with Crippen LogP contribution in [0.2, 0.25) is 0 Å². The van der Waals surface area contributed by atoms with Gasteiger partial charge in [0.15, 0.2) is 6.54 Å². The molecule has 1 amide bonds. The minimum atomic E-state index is -0.558. The van der Waals surface area contributed by atoms with Gasteiger partial charge in [0.25, 0.3) is 5.91 Å². The lowest BCUT2D eigenvalue weighted by atomic mass is 9.99. The zero-order valence-corrected chi connectivity index (χ0v) is 15.4. The molecular formula is C20H29N2O3+. The molecule has 1 aliphatic heterocycles. The first-order valence-electron chi connectivity index (χ1n) is 8.94. The molecule has 1 aromatic carbocycles. The van der Waals surface area contributed by atoms with Crippen molar-refractivity contribution in [1.82, 2.24) is 5.32 Å². The van der Waals surface area contributed by atoms with Crippen LogP contribution in [0, 0.1) is 5.92 Å². The van der Waals surface area contributed by atoms with Gasteiger partial charge in [0, 0.05) is 6.42 Å². The van der Waals surface area contributed by atoms with Gasteiger partial charge in [0.2, 0.25) is 0 Å². The summed E-state index contributed by atoms with van der Waals surface area (Å²) in [5.74, 6) is -0.160. The van der Waals surface area contributed by atoms with Crippen LogP contribution in [-0.2, 0) is 14.3 Å². The number of rotatable bonds is 7. The second kappa shape index (κ2) is 9.37. The Hall–Kier alpha value is -2.14. The summed E-state index contributed by atoms with van der Waals surface area (Å²) in [4.78, 5) is 25.3. The van der Waals surface area contributed by atoms with Gasteiger partial charge in [0.1, 0.15) is 6.04 Å². The Balaban J connectivity index is 1.87. The summed E-state index contributed by atoms with van der Waals surface area (Å²) < 4.78 is 4.80. The molecule has 5 heteroatoms. The number of nitrogens with one attached hydrogen (secondary N) is 2. The highest BCUT2D eigenvalue weighted by Crippen LogP contribution is 2.17. The van der Waals surface area contributed by atoms with E-state index in [9.17, 15) is 9.59 Å². The number of ether oxygens (including phenoxy) is 1. The molecule has 1 aromatic rings. The zero-order chi connectivity index (χ0) is 18.2. The second-order valence-corrected chi connectivity index (χ2v) is 7.00. The SMILES string of the molecule is COC(=O)[C@H](CC(C)C)NC(=O)C[NH+]1CC=C(c2ccccc2)CC1. The molecule has 136 valence electrons. The predicted molar refractivity (Wildman–Crippen MR) is 98.0 cm³/mol. The molecule has 1 unspecified atom stereocenters. The molecule has 0 saturated carbocycles. The maximum absolute atomic E-state index is 12.3. The first-order valence-corrected chi connectivity index (χ1v) is 8.94. The highest BCUT2D eigenvalue weighted by atomic mass is 16.5. The maximum Gasteiger partial charge on any atom is 0.328 e. The second-order valence-electron chi connectivity index (χ2n) is 7.00. The number of methoxy groups -OCH3 is 1. The Bertz CT molecular complexity index is 611. The fraction of sp³-hybridized carbons (Fsp3) is 0.500. The molecule has 1 aliphatic rings. The van der Waals surface area contributed by atoms with Crippen LogP contribution >= 0.6 is 0 Å². The molecule has 0 aromatic heterocycles. The summed E-state index contributed by atoms with van der Waals surface area (Å²) >= 11 is 0. The van der Waals surface area contributed by atoms with Gasteiger partial charge >= 0.3 is 5.97 Å². The molecule has 2 N–H and O–H groups in total. The number of esters is 1. The third kappa shape index (κ3) is 6.02. The number of carbonyl (C=O) groups is 2. The molecule has 0 radical (unpaired) electrons. The minimum Gasteiger partial charge on any atom is -0.467 e. The molecular weight excluding hydrogens is 316 g/mol. The van der Waals surface area contributed by atoms with Crippen LogP contribution < -0.4 is 10.2 Å². The molecule has 2 atom stereocenters. The van der Waals surface area contributed by atoms with Gasteiger partial charge in [-0.1, -0.05) is 44.2 Å². The lowest BCUT2D eigenvalue weighted by Crippen LogP contribution is -3.13. The highest BCUT2D eigenvalue weighted by molar-refractivity contribution is 5.84.